The van der Waals surface area contributed by atoms with Gasteiger partial charge in [0.25, 0.3) is 0 Å². The predicted molar refractivity (Wildman–Crippen MR) is 58.5 cm³/mol. The number of rotatable bonds is 4. The largest absolute Gasteiger partial charge is 0.374 e. The van der Waals surface area contributed by atoms with E-state index in [1.807, 2.05) is 6.92 Å². The topological polar surface area (TPSA) is 67.6 Å². The van der Waals surface area contributed by atoms with Gasteiger partial charge in [-0.05, 0) is 14.0 Å². The third-order valence-corrected chi connectivity index (χ3v) is 2.38. The zero-order valence-electron chi connectivity index (χ0n) is 9.53. The Labute approximate surface area is 90.9 Å². The Hall–Kier alpha value is -0.650. The monoisotopic (exact) mass is 215 g/mol. The van der Waals surface area contributed by atoms with Crippen LogP contribution in [0.25, 0.3) is 0 Å². The molecule has 2 unspecified atom stereocenters. The maximum atomic E-state index is 11.3. The molecule has 1 aliphatic rings. The van der Waals surface area contributed by atoms with Gasteiger partial charge in [0.05, 0.1) is 12.7 Å². The van der Waals surface area contributed by atoms with E-state index in [-0.39, 0.29) is 18.1 Å². The first kappa shape index (κ1) is 12.4. The van der Waals surface area contributed by atoms with Gasteiger partial charge in [0.2, 0.25) is 5.91 Å². The van der Waals surface area contributed by atoms with Crippen LogP contribution in [-0.2, 0) is 9.53 Å². The number of nitrogens with two attached hydrogens (primary N) is 1. The molecule has 0 aromatic heterocycles. The first-order valence-corrected chi connectivity index (χ1v) is 5.40. The highest BCUT2D eigenvalue weighted by Gasteiger charge is 2.18. The van der Waals surface area contributed by atoms with Crippen LogP contribution in [0.3, 0.4) is 0 Å². The highest BCUT2D eigenvalue weighted by atomic mass is 16.5. The van der Waals surface area contributed by atoms with E-state index in [1.54, 1.807) is 0 Å². The number of carbonyl (C=O) groups excluding carboxylic acids is 1. The molecule has 15 heavy (non-hydrogen) atoms. The molecule has 1 rings (SSSR count). The molecule has 88 valence electrons. The minimum atomic E-state index is -0.0834. The van der Waals surface area contributed by atoms with Crippen molar-refractivity contribution in [1.29, 1.82) is 0 Å². The predicted octanol–water partition coefficient (Wildman–Crippen LogP) is -0.829. The molecule has 5 heteroatoms. The van der Waals surface area contributed by atoms with Crippen LogP contribution in [0.4, 0.5) is 0 Å². The fourth-order valence-electron chi connectivity index (χ4n) is 1.58. The van der Waals surface area contributed by atoms with Crippen LogP contribution in [0.1, 0.15) is 13.3 Å². The molecule has 0 aliphatic carbocycles. The van der Waals surface area contributed by atoms with E-state index in [2.05, 4.69) is 17.3 Å². The third kappa shape index (κ3) is 5.11. The Bertz CT molecular complexity index is 209. The van der Waals surface area contributed by atoms with Crippen molar-refractivity contribution in [2.75, 3.05) is 33.3 Å². The number of hydrogen-bond donors (Lipinski definition) is 2. The number of amides is 1. The summed E-state index contributed by atoms with van der Waals surface area (Å²) in [5, 5.41) is 2.83. The summed E-state index contributed by atoms with van der Waals surface area (Å²) in [5.41, 5.74) is 5.52. The molecule has 1 aliphatic heterocycles. The van der Waals surface area contributed by atoms with Gasteiger partial charge >= 0.3 is 0 Å². The van der Waals surface area contributed by atoms with Gasteiger partial charge in [-0.25, -0.2) is 0 Å². The highest BCUT2D eigenvalue weighted by Crippen LogP contribution is 2.01. The lowest BCUT2D eigenvalue weighted by molar-refractivity contribution is -0.122. The first-order valence-electron chi connectivity index (χ1n) is 5.40. The van der Waals surface area contributed by atoms with Crippen LogP contribution >= 0.6 is 0 Å². The normalized spacial score (nSPS) is 24.9. The maximum Gasteiger partial charge on any atom is 0.221 e. The van der Waals surface area contributed by atoms with Gasteiger partial charge in [-0.1, -0.05) is 0 Å². The van der Waals surface area contributed by atoms with Crippen molar-refractivity contribution < 1.29 is 9.53 Å². The zero-order valence-corrected chi connectivity index (χ0v) is 9.53. The van der Waals surface area contributed by atoms with Crippen molar-refractivity contribution in [2.45, 2.75) is 25.5 Å². The first-order chi connectivity index (χ1) is 7.08. The van der Waals surface area contributed by atoms with Crippen LogP contribution in [0.2, 0.25) is 0 Å². The number of likely N-dealkylation sites (N-methyl/N-ethyl adjacent to an activating group) is 1. The molecule has 1 heterocycles. The summed E-state index contributed by atoms with van der Waals surface area (Å²) in [6.07, 6.45) is 0.489. The molecule has 0 aromatic rings. The second-order valence-electron chi connectivity index (χ2n) is 4.24. The maximum absolute atomic E-state index is 11.3. The standard InChI is InChI=1S/C10H21N3O2/c1-8(11)5-10(14)12-6-9-7-13(2)3-4-15-9/h8-9H,3-7,11H2,1-2H3,(H,12,14). The molecule has 0 radical (unpaired) electrons. The average Bonchev–Trinajstić information content (AvgIpc) is 2.14. The fraction of sp³-hybridized carbons (Fsp3) is 0.900. The Kier molecular flexibility index (Phi) is 5.01. The summed E-state index contributed by atoms with van der Waals surface area (Å²) < 4.78 is 5.52. The highest BCUT2D eigenvalue weighted by molar-refractivity contribution is 5.76. The average molecular weight is 215 g/mol. The molecule has 0 spiro atoms. The van der Waals surface area contributed by atoms with E-state index in [0.717, 1.165) is 19.7 Å². The SMILES string of the molecule is CC(N)CC(=O)NCC1CN(C)CCO1. The van der Waals surface area contributed by atoms with Crippen molar-refractivity contribution in [3.05, 3.63) is 0 Å². The number of hydrogen-bond acceptors (Lipinski definition) is 4. The number of nitrogens with zero attached hydrogens (tertiary/aromatic N) is 1. The minimum absolute atomic E-state index is 0.00169. The van der Waals surface area contributed by atoms with Gasteiger partial charge in [-0.15, -0.1) is 0 Å². The summed E-state index contributed by atoms with van der Waals surface area (Å²) in [6.45, 7) is 4.98. The molecule has 0 saturated carbocycles. The van der Waals surface area contributed by atoms with Crippen LogP contribution in [-0.4, -0.2) is 56.2 Å². The number of morpholine rings is 1. The Morgan fingerprint density at radius 3 is 3.07 bits per heavy atom. The molecular weight excluding hydrogens is 194 g/mol. The molecule has 0 bridgehead atoms. The van der Waals surface area contributed by atoms with Crippen molar-refractivity contribution in [1.82, 2.24) is 10.2 Å². The van der Waals surface area contributed by atoms with Gasteiger partial charge in [0.1, 0.15) is 0 Å². The van der Waals surface area contributed by atoms with Gasteiger partial charge in [-0.3, -0.25) is 4.79 Å². The van der Waals surface area contributed by atoms with E-state index < -0.39 is 0 Å². The Morgan fingerprint density at radius 1 is 1.73 bits per heavy atom. The molecule has 1 amide bonds. The van der Waals surface area contributed by atoms with Gasteiger partial charge in [0, 0.05) is 32.1 Å². The van der Waals surface area contributed by atoms with Crippen molar-refractivity contribution >= 4 is 5.91 Å². The third-order valence-electron chi connectivity index (χ3n) is 2.38. The summed E-state index contributed by atoms with van der Waals surface area (Å²) >= 11 is 0. The summed E-state index contributed by atoms with van der Waals surface area (Å²) in [6, 6.07) is -0.0834. The molecule has 1 saturated heterocycles. The van der Waals surface area contributed by atoms with Crippen LogP contribution < -0.4 is 11.1 Å². The van der Waals surface area contributed by atoms with Crippen LogP contribution in [0, 0.1) is 0 Å². The smallest absolute Gasteiger partial charge is 0.221 e. The number of carbonyl (C=O) groups is 1. The lowest BCUT2D eigenvalue weighted by Gasteiger charge is -2.30. The van der Waals surface area contributed by atoms with Crippen molar-refractivity contribution in [3.8, 4) is 0 Å². The van der Waals surface area contributed by atoms with E-state index in [1.165, 1.54) is 0 Å². The van der Waals surface area contributed by atoms with Gasteiger partial charge in [-0.2, -0.15) is 0 Å². The zero-order chi connectivity index (χ0) is 11.3. The molecule has 2 atom stereocenters. The molecule has 5 nitrogen and oxygen atoms in total. The summed E-state index contributed by atoms with van der Waals surface area (Å²) in [4.78, 5) is 13.5. The molecule has 1 fully saturated rings. The summed E-state index contributed by atoms with van der Waals surface area (Å²) in [7, 11) is 2.05. The lowest BCUT2D eigenvalue weighted by atomic mass is 10.2. The number of ether oxygens (including phenoxy) is 1. The van der Waals surface area contributed by atoms with E-state index in [0.29, 0.717) is 13.0 Å². The molecule has 0 aromatic carbocycles. The number of nitrogens with one attached hydrogen (secondary N) is 1. The Morgan fingerprint density at radius 2 is 2.47 bits per heavy atom. The second kappa shape index (κ2) is 6.05. The fourth-order valence-corrected chi connectivity index (χ4v) is 1.58. The lowest BCUT2D eigenvalue weighted by Crippen LogP contribution is -2.46. The van der Waals surface area contributed by atoms with E-state index >= 15 is 0 Å². The van der Waals surface area contributed by atoms with E-state index in [4.69, 9.17) is 10.5 Å². The van der Waals surface area contributed by atoms with Crippen LogP contribution in [0.5, 0.6) is 0 Å². The quantitative estimate of drug-likeness (QED) is 0.642. The van der Waals surface area contributed by atoms with Crippen molar-refractivity contribution in [3.63, 3.8) is 0 Å². The van der Waals surface area contributed by atoms with Gasteiger partial charge in [0.15, 0.2) is 0 Å². The van der Waals surface area contributed by atoms with Crippen LogP contribution in [0.15, 0.2) is 0 Å². The van der Waals surface area contributed by atoms with Crippen molar-refractivity contribution in [2.24, 2.45) is 5.73 Å². The molecule has 3 N–H and O–H groups in total. The molecular formula is C10H21N3O2. The van der Waals surface area contributed by atoms with Gasteiger partial charge < -0.3 is 20.7 Å². The summed E-state index contributed by atoms with van der Waals surface area (Å²) in [5.74, 6) is 0.00169. The Balaban J connectivity index is 2.16. The minimum Gasteiger partial charge on any atom is -0.374 e. The second-order valence-corrected chi connectivity index (χ2v) is 4.24. The van der Waals surface area contributed by atoms with E-state index in [9.17, 15) is 4.79 Å².